The first kappa shape index (κ1) is 26.1. The first-order chi connectivity index (χ1) is 15.7. The number of nitrogens with two attached hydrogens (primary N) is 1. The Labute approximate surface area is 199 Å². The predicted molar refractivity (Wildman–Crippen MR) is 129 cm³/mol. The van der Waals surface area contributed by atoms with Gasteiger partial charge in [0.15, 0.2) is 0 Å². The van der Waals surface area contributed by atoms with Crippen molar-refractivity contribution in [2.24, 2.45) is 5.92 Å². The summed E-state index contributed by atoms with van der Waals surface area (Å²) in [5, 5.41) is 11.3. The minimum absolute atomic E-state index is 0.00822. The summed E-state index contributed by atoms with van der Waals surface area (Å²) in [6.07, 6.45) is 7.54. The lowest BCUT2D eigenvalue weighted by molar-refractivity contribution is -0.122. The molecule has 0 saturated heterocycles. The lowest BCUT2D eigenvalue weighted by atomic mass is 10.1. The minimum atomic E-state index is -0.250. The van der Waals surface area contributed by atoms with Crippen LogP contribution in [-0.4, -0.2) is 32.8 Å². The average molecular weight is 475 g/mol. The van der Waals surface area contributed by atoms with Crippen molar-refractivity contribution in [3.05, 3.63) is 41.0 Å². The van der Waals surface area contributed by atoms with Gasteiger partial charge in [0.25, 0.3) is 12.4 Å². The van der Waals surface area contributed by atoms with Gasteiger partial charge in [0.1, 0.15) is 5.02 Å². The Hall–Kier alpha value is -3.13. The quantitative estimate of drug-likeness (QED) is 0.347. The van der Waals surface area contributed by atoms with Crippen LogP contribution in [0.5, 0.6) is 5.88 Å². The fraction of sp³-hybridized carbons (Fsp3) is 0.417. The molecule has 178 valence electrons. The third kappa shape index (κ3) is 8.05. The second-order valence-corrected chi connectivity index (χ2v) is 8.58. The van der Waals surface area contributed by atoms with E-state index < -0.39 is 0 Å². The fourth-order valence-corrected chi connectivity index (χ4v) is 3.58. The highest BCUT2D eigenvalue weighted by Crippen LogP contribution is 2.30. The summed E-state index contributed by atoms with van der Waals surface area (Å²) < 4.78 is 10.9. The van der Waals surface area contributed by atoms with Gasteiger partial charge < -0.3 is 20.1 Å². The number of ether oxygens (including phenoxy) is 1. The second-order valence-electron chi connectivity index (χ2n) is 8.17. The second kappa shape index (κ2) is 12.8. The van der Waals surface area contributed by atoms with Crippen LogP contribution in [0.25, 0.3) is 22.8 Å². The topological polar surface area (TPSA) is 124 Å². The molecule has 0 amide bonds. The molecule has 1 saturated carbocycles. The molecule has 0 radical (unpaired) electrons. The van der Waals surface area contributed by atoms with E-state index in [0.717, 1.165) is 17.0 Å². The highest BCUT2D eigenvalue weighted by molar-refractivity contribution is 6.32. The van der Waals surface area contributed by atoms with E-state index >= 15 is 0 Å². The number of pyridine rings is 1. The largest absolute Gasteiger partial charge is 0.483 e. The molecule has 1 aliphatic rings. The van der Waals surface area contributed by atoms with E-state index in [1.807, 2.05) is 32.9 Å². The van der Waals surface area contributed by atoms with Crippen LogP contribution in [-0.2, 0) is 4.79 Å². The summed E-state index contributed by atoms with van der Waals surface area (Å²) in [5.74, 6) is 2.26. The van der Waals surface area contributed by atoms with Gasteiger partial charge in [-0.3, -0.25) is 4.79 Å². The molecule has 8 nitrogen and oxygen atoms in total. The van der Waals surface area contributed by atoms with Crippen LogP contribution in [0.15, 0.2) is 35.0 Å². The molecule has 33 heavy (non-hydrogen) atoms. The fourth-order valence-electron chi connectivity index (χ4n) is 3.36. The summed E-state index contributed by atoms with van der Waals surface area (Å²) in [7, 11) is 0. The SMILES string of the molecule is CC1CCCC1.Cc1cc(N)ccc1-c1nc(-c2cnc(OC(C)C)c(Cl)c2)no1.O=CO. The van der Waals surface area contributed by atoms with Gasteiger partial charge in [-0.15, -0.1) is 0 Å². The number of aryl methyl sites for hydroxylation is 1. The minimum Gasteiger partial charge on any atom is -0.483 e. The molecule has 0 unspecified atom stereocenters. The predicted octanol–water partition coefficient (Wildman–Crippen LogP) is 6.03. The third-order valence-corrected chi connectivity index (χ3v) is 5.23. The molecule has 0 bridgehead atoms. The van der Waals surface area contributed by atoms with Crippen molar-refractivity contribution in [3.8, 4) is 28.7 Å². The zero-order valence-electron chi connectivity index (χ0n) is 19.4. The van der Waals surface area contributed by atoms with E-state index in [2.05, 4.69) is 22.0 Å². The van der Waals surface area contributed by atoms with E-state index in [4.69, 9.17) is 36.5 Å². The summed E-state index contributed by atoms with van der Waals surface area (Å²) in [5.41, 5.74) is 8.90. The Morgan fingerprint density at radius 1 is 1.27 bits per heavy atom. The number of aromatic nitrogens is 3. The lowest BCUT2D eigenvalue weighted by Gasteiger charge is -2.09. The molecule has 0 aliphatic heterocycles. The molecule has 0 spiro atoms. The molecule has 3 N–H and O–H groups in total. The first-order valence-corrected chi connectivity index (χ1v) is 11.2. The first-order valence-electron chi connectivity index (χ1n) is 10.9. The van der Waals surface area contributed by atoms with Crippen LogP contribution in [0.1, 0.15) is 52.0 Å². The number of anilines is 1. The summed E-state index contributed by atoms with van der Waals surface area (Å²) in [4.78, 5) is 17.0. The zero-order valence-corrected chi connectivity index (χ0v) is 20.2. The molecular formula is C24H31ClN4O4. The smallest absolute Gasteiger partial charge is 0.290 e. The molecule has 3 aromatic rings. The van der Waals surface area contributed by atoms with Gasteiger partial charge in [-0.05, 0) is 56.5 Å². The lowest BCUT2D eigenvalue weighted by Crippen LogP contribution is -2.07. The zero-order chi connectivity index (χ0) is 24.4. The number of hydrogen-bond acceptors (Lipinski definition) is 7. The number of carboxylic acid groups (broad SMARTS) is 1. The normalized spacial score (nSPS) is 13.0. The highest BCUT2D eigenvalue weighted by Gasteiger charge is 2.15. The van der Waals surface area contributed by atoms with Gasteiger partial charge in [-0.25, -0.2) is 4.98 Å². The number of benzene rings is 1. The number of rotatable bonds is 4. The number of nitrogens with zero attached hydrogens (tertiary/aromatic N) is 3. The Bertz CT molecular complexity index is 1030. The van der Waals surface area contributed by atoms with E-state index in [0.29, 0.717) is 33.9 Å². The van der Waals surface area contributed by atoms with Crippen LogP contribution in [0, 0.1) is 12.8 Å². The van der Waals surface area contributed by atoms with Crippen molar-refractivity contribution < 1.29 is 19.2 Å². The molecule has 1 aliphatic carbocycles. The van der Waals surface area contributed by atoms with Crippen LogP contribution in [0.4, 0.5) is 5.69 Å². The molecule has 2 heterocycles. The van der Waals surface area contributed by atoms with Crippen molar-refractivity contribution in [1.29, 1.82) is 0 Å². The number of halogens is 1. The van der Waals surface area contributed by atoms with Gasteiger partial charge in [-0.1, -0.05) is 49.4 Å². The van der Waals surface area contributed by atoms with E-state index in [1.165, 1.54) is 25.7 Å². The maximum Gasteiger partial charge on any atom is 0.290 e. The Morgan fingerprint density at radius 3 is 2.45 bits per heavy atom. The van der Waals surface area contributed by atoms with Crippen molar-refractivity contribution in [3.63, 3.8) is 0 Å². The standard InChI is InChI=1S/C17H17ClN4O2.C6H12.CH2O2/c1-9(2)23-17-14(18)7-11(8-20-17)15-21-16(24-22-15)13-5-4-12(19)6-10(13)3;1-6-4-2-3-5-6;2-1-3/h4-9H,19H2,1-3H3;6H,2-5H2,1H3;1H,(H,2,3). The molecule has 1 fully saturated rings. The van der Waals surface area contributed by atoms with Crippen LogP contribution in [0.2, 0.25) is 5.02 Å². The maximum atomic E-state index is 8.36. The van der Waals surface area contributed by atoms with Crippen LogP contribution >= 0.6 is 11.6 Å². The molecule has 0 atom stereocenters. The van der Waals surface area contributed by atoms with Crippen molar-refractivity contribution in [2.45, 2.75) is 59.5 Å². The summed E-state index contributed by atoms with van der Waals surface area (Å²) in [6, 6.07) is 7.21. The number of carbonyl (C=O) groups is 1. The van der Waals surface area contributed by atoms with Gasteiger partial charge in [-0.2, -0.15) is 4.98 Å². The van der Waals surface area contributed by atoms with Crippen LogP contribution in [0.3, 0.4) is 0 Å². The van der Waals surface area contributed by atoms with Gasteiger partial charge in [0.05, 0.1) is 6.10 Å². The van der Waals surface area contributed by atoms with Gasteiger partial charge in [0, 0.05) is 23.0 Å². The van der Waals surface area contributed by atoms with Gasteiger partial charge >= 0.3 is 0 Å². The highest BCUT2D eigenvalue weighted by atomic mass is 35.5. The molecular weight excluding hydrogens is 444 g/mol. The van der Waals surface area contributed by atoms with Crippen molar-refractivity contribution >= 4 is 23.8 Å². The molecule has 2 aromatic heterocycles. The third-order valence-electron chi connectivity index (χ3n) is 4.96. The summed E-state index contributed by atoms with van der Waals surface area (Å²) >= 11 is 6.20. The Morgan fingerprint density at radius 2 is 1.94 bits per heavy atom. The van der Waals surface area contributed by atoms with Gasteiger partial charge in [0.2, 0.25) is 11.7 Å². The van der Waals surface area contributed by atoms with Crippen molar-refractivity contribution in [2.75, 3.05) is 5.73 Å². The molecule has 9 heteroatoms. The van der Waals surface area contributed by atoms with E-state index in [1.54, 1.807) is 18.3 Å². The van der Waals surface area contributed by atoms with Crippen molar-refractivity contribution in [1.82, 2.24) is 15.1 Å². The van der Waals surface area contributed by atoms with E-state index in [-0.39, 0.29) is 12.6 Å². The Kier molecular flexibility index (Phi) is 10.1. The van der Waals surface area contributed by atoms with E-state index in [9.17, 15) is 0 Å². The summed E-state index contributed by atoms with van der Waals surface area (Å²) in [6.45, 7) is 7.84. The monoisotopic (exact) mass is 474 g/mol. The molecule has 4 rings (SSSR count). The molecule has 1 aromatic carbocycles. The number of hydrogen-bond donors (Lipinski definition) is 2. The maximum absolute atomic E-state index is 8.36. The average Bonchev–Trinajstić information content (AvgIpc) is 3.42. The Balaban J connectivity index is 0.000000360. The van der Waals surface area contributed by atoms with Crippen LogP contribution < -0.4 is 10.5 Å². The number of nitrogen functional groups attached to an aromatic ring is 1.